The number of hydrogen-bond donors (Lipinski definition) is 3. The van der Waals surface area contributed by atoms with Gasteiger partial charge in [0.1, 0.15) is 18.8 Å². The number of nitrogens with zero attached hydrogens (tertiary/aromatic N) is 1. The summed E-state index contributed by atoms with van der Waals surface area (Å²) in [5.74, 6) is -1.95. The van der Waals surface area contributed by atoms with E-state index in [-0.39, 0.29) is 13.2 Å². The number of aliphatic hydroxyl groups is 3. The van der Waals surface area contributed by atoms with Gasteiger partial charge < -0.3 is 19.8 Å². The van der Waals surface area contributed by atoms with Crippen molar-refractivity contribution in [1.82, 2.24) is 5.06 Å². The lowest BCUT2D eigenvalue weighted by Gasteiger charge is -2.27. The van der Waals surface area contributed by atoms with Crippen molar-refractivity contribution < 1.29 is 38.4 Å². The van der Waals surface area contributed by atoms with Crippen molar-refractivity contribution in [2.45, 2.75) is 44.2 Å². The molecule has 2 unspecified atom stereocenters. The third-order valence-electron chi connectivity index (χ3n) is 3.50. The molecule has 5 atom stereocenters. The predicted molar refractivity (Wildman–Crippen MR) is 92.2 cm³/mol. The molecule has 1 amide bonds. The largest absolute Gasteiger partial charge is 0.390 e. The number of hydroxylamine groups is 2. The number of benzene rings is 1. The second-order valence-corrected chi connectivity index (χ2v) is 7.10. The number of rotatable bonds is 13. The number of halogens is 1. The topological polar surface area (TPSA) is 117 Å². The maximum absolute atomic E-state index is 13.7. The van der Waals surface area contributed by atoms with Crippen LogP contribution in [0.4, 0.5) is 4.39 Å². The van der Waals surface area contributed by atoms with Gasteiger partial charge in [0, 0.05) is 6.42 Å². The maximum atomic E-state index is 13.7. The van der Waals surface area contributed by atoms with Crippen LogP contribution in [0.15, 0.2) is 30.3 Å². The lowest BCUT2D eigenvalue weighted by atomic mass is 10.1. The average molecular weight is 393 g/mol. The van der Waals surface area contributed by atoms with Crippen LogP contribution >= 0.6 is 8.03 Å². The van der Waals surface area contributed by atoms with Gasteiger partial charge in [0.25, 0.3) is 0 Å². The molecular formula is C16H25FNO7P. The second-order valence-electron chi connectivity index (χ2n) is 5.54. The summed E-state index contributed by atoms with van der Waals surface area (Å²) in [6.07, 6.45) is -5.38. The molecule has 10 heteroatoms. The quantitative estimate of drug-likeness (QED) is 0.258. The van der Waals surface area contributed by atoms with Crippen LogP contribution in [-0.2, 0) is 25.3 Å². The van der Waals surface area contributed by atoms with Crippen LogP contribution in [0.1, 0.15) is 18.9 Å². The van der Waals surface area contributed by atoms with Crippen LogP contribution in [-0.4, -0.2) is 64.2 Å². The van der Waals surface area contributed by atoms with Crippen LogP contribution in [0.2, 0.25) is 0 Å². The molecule has 148 valence electrons. The number of carbonyl (C=O) groups excluding carboxylic acids is 1. The zero-order valence-electron chi connectivity index (χ0n) is 14.4. The van der Waals surface area contributed by atoms with Crippen molar-refractivity contribution in [2.24, 2.45) is 0 Å². The molecular weight excluding hydrogens is 368 g/mol. The minimum Gasteiger partial charge on any atom is -0.390 e. The molecule has 26 heavy (non-hydrogen) atoms. The van der Waals surface area contributed by atoms with Crippen molar-refractivity contribution in [3.63, 3.8) is 0 Å². The van der Waals surface area contributed by atoms with Gasteiger partial charge in [-0.15, -0.1) is 0 Å². The first kappa shape index (κ1) is 22.7. The highest BCUT2D eigenvalue weighted by molar-refractivity contribution is 7.39. The van der Waals surface area contributed by atoms with Crippen molar-refractivity contribution in [3.8, 4) is 0 Å². The molecule has 3 N–H and O–H groups in total. The summed E-state index contributed by atoms with van der Waals surface area (Å²) in [5.41, 5.74) is 0.788. The molecule has 0 aromatic heterocycles. The highest BCUT2D eigenvalue weighted by Gasteiger charge is 2.30. The highest BCUT2D eigenvalue weighted by atomic mass is 31.1. The lowest BCUT2D eigenvalue weighted by molar-refractivity contribution is -0.192. The van der Waals surface area contributed by atoms with E-state index in [1.165, 1.54) is 0 Å². The van der Waals surface area contributed by atoms with Gasteiger partial charge in [0.2, 0.25) is 14.4 Å². The van der Waals surface area contributed by atoms with E-state index < -0.39 is 45.2 Å². The Labute approximate surface area is 152 Å². The molecule has 0 heterocycles. The number of carbonyl (C=O) groups is 1. The van der Waals surface area contributed by atoms with E-state index in [0.29, 0.717) is 6.41 Å². The first-order valence-corrected chi connectivity index (χ1v) is 9.52. The Hall–Kier alpha value is -1.35. The third-order valence-corrected chi connectivity index (χ3v) is 4.82. The van der Waals surface area contributed by atoms with Gasteiger partial charge in [-0.05, 0) is 12.5 Å². The van der Waals surface area contributed by atoms with Gasteiger partial charge >= 0.3 is 0 Å². The van der Waals surface area contributed by atoms with E-state index in [9.17, 15) is 29.1 Å². The van der Waals surface area contributed by atoms with Crippen LogP contribution in [0, 0.1) is 0 Å². The molecule has 0 aliphatic rings. The Morgan fingerprint density at radius 2 is 1.88 bits per heavy atom. The fourth-order valence-electron chi connectivity index (χ4n) is 2.09. The monoisotopic (exact) mass is 393 g/mol. The Bertz CT molecular complexity index is 551. The first-order chi connectivity index (χ1) is 12.4. The number of amides is 1. The summed E-state index contributed by atoms with van der Waals surface area (Å²) in [7, 11) is -3.00. The minimum atomic E-state index is -3.00. The molecule has 0 saturated carbocycles. The van der Waals surface area contributed by atoms with E-state index in [2.05, 4.69) is 4.52 Å². The summed E-state index contributed by atoms with van der Waals surface area (Å²) in [4.78, 5) is 16.2. The van der Waals surface area contributed by atoms with Crippen molar-refractivity contribution in [3.05, 3.63) is 35.9 Å². The third kappa shape index (κ3) is 7.90. The molecule has 1 aromatic rings. The molecule has 1 rings (SSSR count). The van der Waals surface area contributed by atoms with Crippen LogP contribution in [0.3, 0.4) is 0 Å². The Morgan fingerprint density at radius 1 is 1.23 bits per heavy atom. The fraction of sp³-hybridized carbons (Fsp3) is 0.562. The SMILES string of the molecule is CCO[PH](=O)C(F)C[C@@H](O)[C@@H](O)[C@@H](O)CN(C=O)OCc1ccccc1. The summed E-state index contributed by atoms with van der Waals surface area (Å²) in [6.45, 7) is 1.24. The van der Waals surface area contributed by atoms with E-state index in [4.69, 9.17) is 4.84 Å². The van der Waals surface area contributed by atoms with Gasteiger partial charge in [-0.25, -0.2) is 9.45 Å². The van der Waals surface area contributed by atoms with Gasteiger partial charge in [-0.3, -0.25) is 14.2 Å². The Kier molecular flexibility index (Phi) is 10.6. The van der Waals surface area contributed by atoms with Gasteiger partial charge in [-0.1, -0.05) is 30.3 Å². The highest BCUT2D eigenvalue weighted by Crippen LogP contribution is 2.33. The minimum absolute atomic E-state index is 0.0620. The second kappa shape index (κ2) is 12.1. The smallest absolute Gasteiger partial charge is 0.233 e. The molecule has 0 aliphatic carbocycles. The molecule has 1 aromatic carbocycles. The Balaban J connectivity index is 2.48. The zero-order chi connectivity index (χ0) is 19.5. The van der Waals surface area contributed by atoms with Crippen LogP contribution in [0.5, 0.6) is 0 Å². The van der Waals surface area contributed by atoms with Crippen molar-refractivity contribution in [1.29, 1.82) is 0 Å². The summed E-state index contributed by atoms with van der Waals surface area (Å²) in [6, 6.07) is 8.96. The van der Waals surface area contributed by atoms with E-state index >= 15 is 0 Å². The standard InChI is InChI=1S/C16H25FNO7P/c1-2-25-26(23)15(17)8-13(20)16(22)14(21)9-18(11-19)24-10-12-6-4-3-5-7-12/h3-7,11,13-16,20-22,26H,2,8-10H2,1H3/t13-,14+,15?,16-/m1/s1. The molecule has 0 bridgehead atoms. The molecule has 0 spiro atoms. The average Bonchev–Trinajstić information content (AvgIpc) is 2.65. The lowest BCUT2D eigenvalue weighted by Crippen LogP contribution is -2.45. The summed E-state index contributed by atoms with van der Waals surface area (Å²) in [5, 5.41) is 30.4. The van der Waals surface area contributed by atoms with E-state index in [1.54, 1.807) is 31.2 Å². The number of hydrogen-bond acceptors (Lipinski definition) is 7. The van der Waals surface area contributed by atoms with E-state index in [0.717, 1.165) is 10.6 Å². The molecule has 0 aliphatic heterocycles. The number of alkyl halides is 1. The molecule has 0 fully saturated rings. The first-order valence-electron chi connectivity index (χ1n) is 8.12. The maximum Gasteiger partial charge on any atom is 0.233 e. The summed E-state index contributed by atoms with van der Waals surface area (Å²) >= 11 is 0. The van der Waals surface area contributed by atoms with E-state index in [1.807, 2.05) is 6.07 Å². The summed E-state index contributed by atoms with van der Waals surface area (Å²) < 4.78 is 29.7. The molecule has 0 saturated heterocycles. The normalized spacial score (nSPS) is 17.1. The van der Waals surface area contributed by atoms with Crippen LogP contribution in [0.25, 0.3) is 0 Å². The molecule has 0 radical (unpaired) electrons. The van der Waals surface area contributed by atoms with Crippen molar-refractivity contribution in [2.75, 3.05) is 13.2 Å². The van der Waals surface area contributed by atoms with Crippen LogP contribution < -0.4 is 0 Å². The zero-order valence-corrected chi connectivity index (χ0v) is 15.4. The fourth-order valence-corrected chi connectivity index (χ4v) is 2.99. The van der Waals surface area contributed by atoms with Gasteiger partial charge in [0.15, 0.2) is 5.91 Å². The van der Waals surface area contributed by atoms with Gasteiger partial charge in [-0.2, -0.15) is 0 Å². The number of aliphatic hydroxyl groups excluding tert-OH is 3. The molecule has 8 nitrogen and oxygen atoms in total. The van der Waals surface area contributed by atoms with Gasteiger partial charge in [0.05, 0.1) is 19.3 Å². The van der Waals surface area contributed by atoms with Crippen molar-refractivity contribution >= 4 is 14.4 Å². The Morgan fingerprint density at radius 3 is 2.46 bits per heavy atom. The predicted octanol–water partition coefficient (Wildman–Crippen LogP) is 0.856.